The number of rotatable bonds is 5. The maximum Gasteiger partial charge on any atom is 0.332 e. The molecule has 2 aromatic carbocycles. The van der Waals surface area contributed by atoms with Crippen molar-refractivity contribution in [2.75, 3.05) is 4.90 Å². The van der Waals surface area contributed by atoms with Gasteiger partial charge in [0.2, 0.25) is 0 Å². The Morgan fingerprint density at radius 3 is 2.47 bits per heavy atom. The first-order valence-electron chi connectivity index (χ1n) is 11.3. The molecule has 13 heteroatoms. The highest BCUT2D eigenvalue weighted by Gasteiger charge is 2.35. The number of aromatic nitrogens is 4. The maximum atomic E-state index is 13.3. The van der Waals surface area contributed by atoms with Crippen LogP contribution in [-0.2, 0) is 30.2 Å². The minimum Gasteiger partial charge on any atom is -0.508 e. The van der Waals surface area contributed by atoms with Gasteiger partial charge in [-0.1, -0.05) is 30.3 Å². The van der Waals surface area contributed by atoms with E-state index in [1.54, 1.807) is 42.5 Å². The smallest absolute Gasteiger partial charge is 0.332 e. The molecule has 2 amide bonds. The van der Waals surface area contributed by atoms with Gasteiger partial charge in [-0.25, -0.2) is 15.2 Å². The monoisotopic (exact) mass is 531 g/mol. The summed E-state index contributed by atoms with van der Waals surface area (Å²) >= 11 is 1.08. The highest BCUT2D eigenvalue weighted by atomic mass is 32.2. The Kier molecular flexibility index (Phi) is 6.43. The Hall–Kier alpha value is -4.91. The van der Waals surface area contributed by atoms with Gasteiger partial charge in [0.15, 0.2) is 16.3 Å². The number of amidine groups is 1. The predicted octanol–water partition coefficient (Wildman–Crippen LogP) is 1.35. The van der Waals surface area contributed by atoms with Crippen molar-refractivity contribution in [1.82, 2.24) is 24.1 Å². The van der Waals surface area contributed by atoms with Gasteiger partial charge in [-0.05, 0) is 47.7 Å². The number of hydrogen-bond acceptors (Lipinski definition) is 8. The molecule has 0 unspecified atom stereocenters. The zero-order valence-electron chi connectivity index (χ0n) is 20.2. The summed E-state index contributed by atoms with van der Waals surface area (Å²) < 4.78 is 3.51. The van der Waals surface area contributed by atoms with Crippen molar-refractivity contribution in [3.63, 3.8) is 0 Å². The van der Waals surface area contributed by atoms with Gasteiger partial charge >= 0.3 is 5.69 Å². The van der Waals surface area contributed by atoms with Crippen LogP contribution in [0.2, 0.25) is 0 Å². The van der Waals surface area contributed by atoms with Crippen LogP contribution in [0.4, 0.5) is 5.69 Å². The van der Waals surface area contributed by atoms with E-state index in [1.165, 1.54) is 46.6 Å². The second-order valence-electron chi connectivity index (χ2n) is 8.36. The number of para-hydroxylation sites is 1. The number of nitrogens with one attached hydrogen (secondary N) is 1. The van der Waals surface area contributed by atoms with Gasteiger partial charge in [0, 0.05) is 14.1 Å². The number of carbonyl (C=O) groups excluding carboxylic acids is 2. The summed E-state index contributed by atoms with van der Waals surface area (Å²) in [5.41, 5.74) is 2.89. The van der Waals surface area contributed by atoms with E-state index in [4.69, 9.17) is 0 Å². The Morgan fingerprint density at radius 2 is 1.76 bits per heavy atom. The average molecular weight is 532 g/mol. The summed E-state index contributed by atoms with van der Waals surface area (Å²) in [6, 6.07) is 15.3. The van der Waals surface area contributed by atoms with E-state index < -0.39 is 17.2 Å². The van der Waals surface area contributed by atoms with Crippen molar-refractivity contribution in [2.24, 2.45) is 19.2 Å². The van der Waals surface area contributed by atoms with Crippen molar-refractivity contribution in [3.8, 4) is 5.75 Å². The molecule has 0 atom stereocenters. The molecule has 0 radical (unpaired) electrons. The van der Waals surface area contributed by atoms with Gasteiger partial charge in [-0.2, -0.15) is 0 Å². The molecular formula is C25H21N7O5S. The van der Waals surface area contributed by atoms with Crippen molar-refractivity contribution in [3.05, 3.63) is 92.2 Å². The van der Waals surface area contributed by atoms with Gasteiger partial charge in [0.05, 0.1) is 16.9 Å². The van der Waals surface area contributed by atoms with Crippen LogP contribution in [0.5, 0.6) is 5.75 Å². The first kappa shape index (κ1) is 24.8. The fourth-order valence-corrected chi connectivity index (χ4v) is 4.83. The molecule has 1 fully saturated rings. The van der Waals surface area contributed by atoms with E-state index in [9.17, 15) is 24.3 Å². The first-order chi connectivity index (χ1) is 18.2. The molecular weight excluding hydrogens is 510 g/mol. The maximum absolute atomic E-state index is 13.3. The summed E-state index contributed by atoms with van der Waals surface area (Å²) in [5, 5.41) is 14.0. The van der Waals surface area contributed by atoms with Gasteiger partial charge in [0.1, 0.15) is 12.3 Å². The summed E-state index contributed by atoms with van der Waals surface area (Å²) in [4.78, 5) is 56.7. The number of thioether (sulfide) groups is 1. The lowest BCUT2D eigenvalue weighted by molar-refractivity contribution is -0.121. The standard InChI is InChI=1S/C25H21N7O5S/c1-29-21-20(23(36)30(2)25(29)37)31(14-26-21)13-19(34)27-28-24-32(16-6-4-3-5-7-16)22(35)18(38-24)12-15-8-10-17(33)11-9-15/h3-12,14,33H,13H2,1-2H3,(H,27,34)/b18-12+,28-24+. The van der Waals surface area contributed by atoms with Crippen LogP contribution in [0.3, 0.4) is 0 Å². The van der Waals surface area contributed by atoms with Crippen molar-refractivity contribution < 1.29 is 14.7 Å². The van der Waals surface area contributed by atoms with Crippen molar-refractivity contribution >= 4 is 51.7 Å². The number of amides is 2. The largest absolute Gasteiger partial charge is 0.508 e. The molecule has 192 valence electrons. The number of imidazole rings is 1. The Bertz CT molecular complexity index is 1750. The molecule has 4 aromatic rings. The number of nitrogens with zero attached hydrogens (tertiary/aromatic N) is 6. The molecule has 0 spiro atoms. The molecule has 2 N–H and O–H groups in total. The van der Waals surface area contributed by atoms with Gasteiger partial charge in [0.25, 0.3) is 17.4 Å². The quantitative estimate of drug-likeness (QED) is 0.292. The number of phenolic OH excluding ortho intramolecular Hbond substituents is 1. The summed E-state index contributed by atoms with van der Waals surface area (Å²) in [5.74, 6) is -0.781. The lowest BCUT2D eigenvalue weighted by Crippen LogP contribution is -2.38. The number of hydrogen-bond donors (Lipinski definition) is 2. The minimum atomic E-state index is -0.573. The van der Waals surface area contributed by atoms with E-state index in [2.05, 4.69) is 15.5 Å². The zero-order valence-corrected chi connectivity index (χ0v) is 21.0. The predicted molar refractivity (Wildman–Crippen MR) is 143 cm³/mol. The molecule has 5 rings (SSSR count). The van der Waals surface area contributed by atoms with Crippen LogP contribution < -0.4 is 21.6 Å². The number of aryl methyl sites for hydroxylation is 1. The van der Waals surface area contributed by atoms with Crippen LogP contribution in [0, 0.1) is 0 Å². The highest BCUT2D eigenvalue weighted by Crippen LogP contribution is 2.35. The highest BCUT2D eigenvalue weighted by molar-refractivity contribution is 8.19. The van der Waals surface area contributed by atoms with Crippen LogP contribution in [0.25, 0.3) is 17.2 Å². The SMILES string of the molecule is Cn1c(=O)c2c(ncn2CC(=O)N/N=C2/S/C(=C/c3ccc(O)cc3)C(=O)N2c2ccccc2)n(C)c1=O. The molecule has 1 aliphatic heterocycles. The van der Waals surface area contributed by atoms with Gasteiger partial charge < -0.3 is 9.67 Å². The molecule has 1 saturated heterocycles. The van der Waals surface area contributed by atoms with Gasteiger partial charge in [-0.15, -0.1) is 5.10 Å². The Morgan fingerprint density at radius 1 is 1.05 bits per heavy atom. The molecule has 0 aliphatic carbocycles. The van der Waals surface area contributed by atoms with Crippen LogP contribution in [0.15, 0.2) is 80.5 Å². The number of benzene rings is 2. The molecule has 38 heavy (non-hydrogen) atoms. The first-order valence-corrected chi connectivity index (χ1v) is 12.1. The third-order valence-electron chi connectivity index (χ3n) is 5.82. The minimum absolute atomic E-state index is 0.104. The number of aromatic hydroxyl groups is 1. The molecule has 0 saturated carbocycles. The van der Waals surface area contributed by atoms with Gasteiger partial charge in [-0.3, -0.25) is 28.4 Å². The van der Waals surface area contributed by atoms with Crippen molar-refractivity contribution in [2.45, 2.75) is 6.54 Å². The lowest BCUT2D eigenvalue weighted by Gasteiger charge is -2.15. The number of fused-ring (bicyclic) bond motifs is 1. The third kappa shape index (κ3) is 4.50. The molecule has 0 bridgehead atoms. The number of anilines is 1. The second-order valence-corrected chi connectivity index (χ2v) is 9.37. The summed E-state index contributed by atoms with van der Waals surface area (Å²) in [6.07, 6.45) is 2.98. The van der Waals surface area contributed by atoms with E-state index in [0.717, 1.165) is 16.3 Å². The fraction of sp³-hybridized carbons (Fsp3) is 0.120. The molecule has 2 aromatic heterocycles. The lowest BCUT2D eigenvalue weighted by atomic mass is 10.2. The number of carbonyl (C=O) groups is 2. The zero-order chi connectivity index (χ0) is 27.0. The van der Waals surface area contributed by atoms with Crippen LogP contribution >= 0.6 is 11.8 Å². The second kappa shape index (κ2) is 9.86. The summed E-state index contributed by atoms with van der Waals surface area (Å²) in [7, 11) is 2.84. The van der Waals surface area contributed by atoms with E-state index >= 15 is 0 Å². The van der Waals surface area contributed by atoms with E-state index in [1.807, 2.05) is 6.07 Å². The normalized spacial score (nSPS) is 15.6. The third-order valence-corrected chi connectivity index (χ3v) is 6.79. The molecule has 12 nitrogen and oxygen atoms in total. The number of phenols is 1. The average Bonchev–Trinajstić information content (AvgIpc) is 3.47. The number of hydrazone groups is 1. The Balaban J connectivity index is 1.43. The fourth-order valence-electron chi connectivity index (χ4n) is 3.89. The van der Waals surface area contributed by atoms with Crippen LogP contribution in [0.1, 0.15) is 5.56 Å². The summed E-state index contributed by atoms with van der Waals surface area (Å²) in [6.45, 7) is -0.291. The molecule has 3 heterocycles. The topological polar surface area (TPSA) is 144 Å². The molecule has 1 aliphatic rings. The van der Waals surface area contributed by atoms with E-state index in [-0.39, 0.29) is 34.5 Å². The van der Waals surface area contributed by atoms with Crippen molar-refractivity contribution in [1.29, 1.82) is 0 Å². The van der Waals surface area contributed by atoms with E-state index in [0.29, 0.717) is 16.2 Å². The Labute approximate surface area is 219 Å². The van der Waals surface area contributed by atoms with Crippen LogP contribution in [-0.4, -0.2) is 40.8 Å².